The average Bonchev–Trinajstić information content (AvgIpc) is 3.09. The van der Waals surface area contributed by atoms with Crippen molar-refractivity contribution in [3.8, 4) is 11.5 Å². The first-order valence-electron chi connectivity index (χ1n) is 7.05. The summed E-state index contributed by atoms with van der Waals surface area (Å²) in [4.78, 5) is 13.9. The van der Waals surface area contributed by atoms with Crippen LogP contribution in [-0.2, 0) is 4.74 Å². The molecule has 0 aromatic carbocycles. The quantitative estimate of drug-likeness (QED) is 0.747. The number of nitrogens with zero attached hydrogens (tertiary/aromatic N) is 4. The lowest BCUT2D eigenvalue weighted by atomic mass is 10.3. The van der Waals surface area contributed by atoms with Crippen LogP contribution >= 0.6 is 11.6 Å². The summed E-state index contributed by atoms with van der Waals surface area (Å²) in [6.45, 7) is 8.86. The van der Waals surface area contributed by atoms with Crippen LogP contribution in [-0.4, -0.2) is 48.5 Å². The Morgan fingerprint density at radius 1 is 1.43 bits per heavy atom. The minimum Gasteiger partial charge on any atom is -0.463 e. The van der Waals surface area contributed by atoms with Crippen LogP contribution < -0.4 is 4.90 Å². The van der Waals surface area contributed by atoms with E-state index in [1.54, 1.807) is 19.2 Å². The maximum Gasteiger partial charge on any atom is 0.313 e. The Labute approximate surface area is 139 Å². The molecule has 2 heterocycles. The van der Waals surface area contributed by atoms with Crippen LogP contribution in [0, 0.1) is 6.57 Å². The Morgan fingerprint density at radius 2 is 2.26 bits per heavy atom. The van der Waals surface area contributed by atoms with Gasteiger partial charge in [-0.2, -0.15) is 0 Å². The molecule has 0 bridgehead atoms. The van der Waals surface area contributed by atoms with E-state index in [0.29, 0.717) is 43.4 Å². The van der Waals surface area contributed by atoms with Gasteiger partial charge in [0.15, 0.2) is 17.3 Å². The number of aliphatic hydroxyl groups is 1. The number of anilines is 1. The Balaban J connectivity index is 2.44. The second-order valence-electron chi connectivity index (χ2n) is 4.66. The molecule has 0 unspecified atom stereocenters. The first-order valence-corrected chi connectivity index (χ1v) is 7.42. The number of hydrogen-bond donors (Lipinski definition) is 1. The molecule has 8 heteroatoms. The Morgan fingerprint density at radius 3 is 2.87 bits per heavy atom. The second kappa shape index (κ2) is 8.48. The minimum atomic E-state index is 0.0445. The van der Waals surface area contributed by atoms with E-state index < -0.39 is 0 Å². The van der Waals surface area contributed by atoms with Gasteiger partial charge in [0.05, 0.1) is 12.9 Å². The summed E-state index contributed by atoms with van der Waals surface area (Å²) >= 11 is 6.12. The van der Waals surface area contributed by atoms with Crippen molar-refractivity contribution in [1.82, 2.24) is 9.97 Å². The van der Waals surface area contributed by atoms with E-state index >= 15 is 0 Å². The topological polar surface area (TPSA) is 76.0 Å². The lowest BCUT2D eigenvalue weighted by Crippen LogP contribution is -2.30. The third kappa shape index (κ3) is 4.20. The van der Waals surface area contributed by atoms with Crippen molar-refractivity contribution >= 4 is 23.2 Å². The molecule has 0 radical (unpaired) electrons. The summed E-state index contributed by atoms with van der Waals surface area (Å²) in [5.74, 6) is 0.995. The molecule has 0 aliphatic carbocycles. The SMILES string of the molecule is [C-]#[N+]c1nc(Cl)c(-c2ccco2)nc1N(CCCO)CCOC. The Hall–Kier alpha value is -2.14. The normalized spacial score (nSPS) is 10.5. The zero-order chi connectivity index (χ0) is 16.7. The van der Waals surface area contributed by atoms with Crippen LogP contribution in [0.4, 0.5) is 11.6 Å². The monoisotopic (exact) mass is 336 g/mol. The van der Waals surface area contributed by atoms with Crippen LogP contribution in [0.15, 0.2) is 22.8 Å². The molecule has 1 N–H and O–H groups in total. The summed E-state index contributed by atoms with van der Waals surface area (Å²) in [7, 11) is 1.60. The molecule has 0 aliphatic heterocycles. The molecule has 23 heavy (non-hydrogen) atoms. The fourth-order valence-electron chi connectivity index (χ4n) is 2.04. The van der Waals surface area contributed by atoms with E-state index in [0.717, 1.165) is 0 Å². The highest BCUT2D eigenvalue weighted by Gasteiger charge is 2.21. The average molecular weight is 337 g/mol. The standard InChI is InChI=1S/C15H17ClN4O3/c1-17-14-15(20(6-4-8-21)7-10-22-2)18-12(13(16)19-14)11-5-3-9-23-11/h3,5,9,21H,4,6-8,10H2,2H3. The van der Waals surface area contributed by atoms with Gasteiger partial charge < -0.3 is 24.0 Å². The predicted octanol–water partition coefficient (Wildman–Crippen LogP) is 2.78. The fraction of sp³-hybridized carbons (Fsp3) is 0.400. The highest BCUT2D eigenvalue weighted by atomic mass is 35.5. The van der Waals surface area contributed by atoms with Gasteiger partial charge in [0.25, 0.3) is 5.15 Å². The first kappa shape index (κ1) is 17.2. The van der Waals surface area contributed by atoms with Gasteiger partial charge in [0, 0.05) is 26.8 Å². The maximum absolute atomic E-state index is 9.07. The van der Waals surface area contributed by atoms with Gasteiger partial charge in [-0.3, -0.25) is 0 Å². The maximum atomic E-state index is 9.07. The largest absolute Gasteiger partial charge is 0.463 e. The van der Waals surface area contributed by atoms with E-state index in [9.17, 15) is 0 Å². The number of aliphatic hydroxyl groups excluding tert-OH is 1. The van der Waals surface area contributed by atoms with Crippen molar-refractivity contribution in [3.63, 3.8) is 0 Å². The van der Waals surface area contributed by atoms with Crippen molar-refractivity contribution in [2.45, 2.75) is 6.42 Å². The molecule has 0 saturated heterocycles. The third-order valence-corrected chi connectivity index (χ3v) is 3.39. The van der Waals surface area contributed by atoms with Gasteiger partial charge in [-0.25, -0.2) is 4.98 Å². The van der Waals surface area contributed by atoms with Gasteiger partial charge >= 0.3 is 5.82 Å². The van der Waals surface area contributed by atoms with Crippen molar-refractivity contribution < 1.29 is 14.3 Å². The van der Waals surface area contributed by atoms with Gasteiger partial charge in [0.2, 0.25) is 0 Å². The smallest absolute Gasteiger partial charge is 0.313 e. The second-order valence-corrected chi connectivity index (χ2v) is 5.01. The molecule has 0 amide bonds. The van der Waals surface area contributed by atoms with Crippen LogP contribution in [0.1, 0.15) is 6.42 Å². The van der Waals surface area contributed by atoms with Crippen molar-refractivity contribution in [2.75, 3.05) is 38.3 Å². The molecule has 0 aliphatic rings. The van der Waals surface area contributed by atoms with E-state index in [1.165, 1.54) is 6.26 Å². The van der Waals surface area contributed by atoms with Crippen molar-refractivity contribution in [3.05, 3.63) is 35.0 Å². The van der Waals surface area contributed by atoms with Crippen LogP contribution in [0.2, 0.25) is 5.15 Å². The van der Waals surface area contributed by atoms with Crippen LogP contribution in [0.5, 0.6) is 0 Å². The molecule has 0 spiro atoms. The Kier molecular flexibility index (Phi) is 6.35. The number of hydrogen-bond acceptors (Lipinski definition) is 6. The van der Waals surface area contributed by atoms with E-state index in [1.807, 2.05) is 4.90 Å². The summed E-state index contributed by atoms with van der Waals surface area (Å²) in [5, 5.41) is 9.19. The molecule has 0 atom stereocenters. The highest BCUT2D eigenvalue weighted by molar-refractivity contribution is 6.31. The molecule has 0 saturated carbocycles. The van der Waals surface area contributed by atoms with E-state index in [-0.39, 0.29) is 17.6 Å². The summed E-state index contributed by atoms with van der Waals surface area (Å²) < 4.78 is 10.4. The minimum absolute atomic E-state index is 0.0445. The summed E-state index contributed by atoms with van der Waals surface area (Å²) in [6, 6.07) is 3.45. The lowest BCUT2D eigenvalue weighted by Gasteiger charge is -2.24. The molecule has 0 fully saturated rings. The molecule has 122 valence electrons. The number of halogens is 1. The molecule has 7 nitrogen and oxygen atoms in total. The van der Waals surface area contributed by atoms with Gasteiger partial charge in [-0.15, -0.1) is 4.98 Å². The highest BCUT2D eigenvalue weighted by Crippen LogP contribution is 2.33. The third-order valence-electron chi connectivity index (χ3n) is 3.13. The lowest BCUT2D eigenvalue weighted by molar-refractivity contribution is 0.204. The number of aromatic nitrogens is 2. The zero-order valence-corrected chi connectivity index (χ0v) is 13.5. The number of furan rings is 1. The van der Waals surface area contributed by atoms with Crippen LogP contribution in [0.25, 0.3) is 16.3 Å². The fourth-order valence-corrected chi connectivity index (χ4v) is 2.26. The van der Waals surface area contributed by atoms with E-state index in [2.05, 4.69) is 14.8 Å². The molecule has 2 aromatic rings. The molecular formula is C15H17ClN4O3. The molecule has 2 aromatic heterocycles. The summed E-state index contributed by atoms with van der Waals surface area (Å²) in [5.41, 5.74) is 0.380. The number of ether oxygens (including phenoxy) is 1. The van der Waals surface area contributed by atoms with Crippen molar-refractivity contribution in [1.29, 1.82) is 0 Å². The van der Waals surface area contributed by atoms with Gasteiger partial charge in [-0.05, 0) is 30.2 Å². The molecule has 2 rings (SSSR count). The Bertz CT molecular complexity index is 662. The zero-order valence-electron chi connectivity index (χ0n) is 12.7. The summed E-state index contributed by atoms with van der Waals surface area (Å²) in [6.07, 6.45) is 2.06. The first-order chi connectivity index (χ1) is 11.2. The van der Waals surface area contributed by atoms with Gasteiger partial charge in [-0.1, -0.05) is 6.57 Å². The van der Waals surface area contributed by atoms with Crippen LogP contribution in [0.3, 0.4) is 0 Å². The molecular weight excluding hydrogens is 320 g/mol. The van der Waals surface area contributed by atoms with Gasteiger partial charge in [0.1, 0.15) is 0 Å². The predicted molar refractivity (Wildman–Crippen MR) is 86.8 cm³/mol. The number of methoxy groups -OCH3 is 1. The number of rotatable bonds is 8. The van der Waals surface area contributed by atoms with Crippen molar-refractivity contribution in [2.24, 2.45) is 0 Å². The van der Waals surface area contributed by atoms with E-state index in [4.69, 9.17) is 32.4 Å².